The zero-order valence-electron chi connectivity index (χ0n) is 12.9. The molecular formula is C20H17NO2. The Morgan fingerprint density at radius 2 is 1.83 bits per heavy atom. The number of benzene rings is 2. The van der Waals surface area contributed by atoms with Gasteiger partial charge in [0.15, 0.2) is 0 Å². The second kappa shape index (κ2) is 6.88. The van der Waals surface area contributed by atoms with Gasteiger partial charge in [-0.15, -0.1) is 0 Å². The highest BCUT2D eigenvalue weighted by Crippen LogP contribution is 2.13. The maximum Gasteiger partial charge on any atom is 0.331 e. The molecular weight excluding hydrogens is 286 g/mol. The third-order valence-corrected chi connectivity index (χ3v) is 3.64. The van der Waals surface area contributed by atoms with Crippen molar-refractivity contribution in [3.8, 4) is 0 Å². The van der Waals surface area contributed by atoms with Gasteiger partial charge in [-0.3, -0.25) is 0 Å². The molecule has 0 aliphatic rings. The first-order valence-electron chi connectivity index (χ1n) is 7.47. The summed E-state index contributed by atoms with van der Waals surface area (Å²) in [6, 6.07) is 19.6. The normalized spacial score (nSPS) is 11.0. The van der Waals surface area contributed by atoms with E-state index in [4.69, 9.17) is 4.74 Å². The Balaban J connectivity index is 1.64. The standard InChI is InChI=1S/C20H17NO2/c1-15-6-2-3-8-17(15)14-23-20(22)13-12-18-11-10-16-7-4-5-9-19(16)21-18/h2-13H,14H2,1H3. The van der Waals surface area contributed by atoms with Crippen LogP contribution in [0.2, 0.25) is 0 Å². The SMILES string of the molecule is Cc1ccccc1COC(=O)C=Cc1ccc2ccccc2n1. The fraction of sp³-hybridized carbons (Fsp3) is 0.100. The first-order valence-corrected chi connectivity index (χ1v) is 7.47. The van der Waals surface area contributed by atoms with Gasteiger partial charge in [-0.05, 0) is 36.3 Å². The van der Waals surface area contributed by atoms with Crippen molar-refractivity contribution in [2.45, 2.75) is 13.5 Å². The van der Waals surface area contributed by atoms with Crippen molar-refractivity contribution in [1.29, 1.82) is 0 Å². The fourth-order valence-corrected chi connectivity index (χ4v) is 2.30. The Morgan fingerprint density at radius 3 is 2.70 bits per heavy atom. The molecule has 0 bridgehead atoms. The van der Waals surface area contributed by atoms with Gasteiger partial charge in [0.25, 0.3) is 0 Å². The van der Waals surface area contributed by atoms with Gasteiger partial charge in [-0.2, -0.15) is 0 Å². The van der Waals surface area contributed by atoms with E-state index in [1.807, 2.05) is 67.6 Å². The number of esters is 1. The number of rotatable bonds is 4. The number of hydrogen-bond acceptors (Lipinski definition) is 3. The minimum Gasteiger partial charge on any atom is -0.458 e. The van der Waals surface area contributed by atoms with Crippen LogP contribution in [0.25, 0.3) is 17.0 Å². The van der Waals surface area contributed by atoms with Crippen molar-refractivity contribution in [2.75, 3.05) is 0 Å². The second-order valence-electron chi connectivity index (χ2n) is 5.30. The molecule has 1 heterocycles. The number of carbonyl (C=O) groups is 1. The molecule has 0 aliphatic carbocycles. The lowest BCUT2D eigenvalue weighted by molar-refractivity contribution is -0.138. The molecule has 3 rings (SSSR count). The molecule has 114 valence electrons. The number of carbonyl (C=O) groups excluding carboxylic acids is 1. The summed E-state index contributed by atoms with van der Waals surface area (Å²) in [5.41, 5.74) is 3.76. The highest BCUT2D eigenvalue weighted by molar-refractivity contribution is 5.87. The predicted molar refractivity (Wildman–Crippen MR) is 91.8 cm³/mol. The molecule has 0 aliphatic heterocycles. The van der Waals surface area contributed by atoms with Crippen LogP contribution in [-0.4, -0.2) is 11.0 Å². The molecule has 0 N–H and O–H groups in total. The van der Waals surface area contributed by atoms with E-state index in [1.54, 1.807) is 6.08 Å². The van der Waals surface area contributed by atoms with Crippen LogP contribution in [0.5, 0.6) is 0 Å². The number of ether oxygens (including phenoxy) is 1. The maximum absolute atomic E-state index is 11.8. The highest BCUT2D eigenvalue weighted by atomic mass is 16.5. The summed E-state index contributed by atoms with van der Waals surface area (Å²) in [4.78, 5) is 16.3. The lowest BCUT2D eigenvalue weighted by Crippen LogP contribution is -2.02. The molecule has 23 heavy (non-hydrogen) atoms. The predicted octanol–water partition coefficient (Wildman–Crippen LogP) is 4.30. The number of aryl methyl sites for hydroxylation is 1. The van der Waals surface area contributed by atoms with Gasteiger partial charge in [0, 0.05) is 11.5 Å². The summed E-state index contributed by atoms with van der Waals surface area (Å²) in [5.74, 6) is -0.372. The van der Waals surface area contributed by atoms with Crippen molar-refractivity contribution in [2.24, 2.45) is 0 Å². The van der Waals surface area contributed by atoms with Gasteiger partial charge in [-0.1, -0.05) is 48.5 Å². The van der Waals surface area contributed by atoms with E-state index in [0.29, 0.717) is 0 Å². The molecule has 1 aromatic heterocycles. The van der Waals surface area contributed by atoms with E-state index >= 15 is 0 Å². The smallest absolute Gasteiger partial charge is 0.331 e. The molecule has 0 spiro atoms. The number of fused-ring (bicyclic) bond motifs is 1. The number of pyridine rings is 1. The van der Waals surface area contributed by atoms with Crippen LogP contribution in [0, 0.1) is 6.92 Å². The summed E-state index contributed by atoms with van der Waals surface area (Å²) in [5, 5.41) is 1.08. The molecule has 2 aromatic carbocycles. The highest BCUT2D eigenvalue weighted by Gasteiger charge is 2.02. The Bertz CT molecular complexity index is 868. The second-order valence-corrected chi connectivity index (χ2v) is 5.30. The van der Waals surface area contributed by atoms with E-state index in [0.717, 1.165) is 27.7 Å². The average molecular weight is 303 g/mol. The largest absolute Gasteiger partial charge is 0.458 e. The lowest BCUT2D eigenvalue weighted by Gasteiger charge is -2.05. The van der Waals surface area contributed by atoms with Gasteiger partial charge in [0.05, 0.1) is 11.2 Å². The molecule has 3 nitrogen and oxygen atoms in total. The Hall–Kier alpha value is -2.94. The monoisotopic (exact) mass is 303 g/mol. The summed E-state index contributed by atoms with van der Waals surface area (Å²) in [6.07, 6.45) is 3.09. The Morgan fingerprint density at radius 1 is 1.04 bits per heavy atom. The van der Waals surface area contributed by atoms with Crippen LogP contribution < -0.4 is 0 Å². The molecule has 0 unspecified atom stereocenters. The van der Waals surface area contributed by atoms with Crippen LogP contribution in [0.1, 0.15) is 16.8 Å². The maximum atomic E-state index is 11.8. The van der Waals surface area contributed by atoms with Crippen LogP contribution in [0.15, 0.2) is 66.7 Å². The van der Waals surface area contributed by atoms with E-state index < -0.39 is 0 Å². The third kappa shape index (κ3) is 3.83. The minimum atomic E-state index is -0.372. The summed E-state index contributed by atoms with van der Waals surface area (Å²) in [6.45, 7) is 2.28. The lowest BCUT2D eigenvalue weighted by atomic mass is 10.1. The van der Waals surface area contributed by atoms with Crippen molar-refractivity contribution in [3.05, 3.63) is 83.6 Å². The van der Waals surface area contributed by atoms with Crippen LogP contribution in [0.4, 0.5) is 0 Å². The number of nitrogens with zero attached hydrogens (tertiary/aromatic N) is 1. The topological polar surface area (TPSA) is 39.2 Å². The molecule has 0 fully saturated rings. The van der Waals surface area contributed by atoms with Gasteiger partial charge in [0.1, 0.15) is 6.61 Å². The molecule has 0 saturated carbocycles. The zero-order valence-corrected chi connectivity index (χ0v) is 12.9. The van der Waals surface area contributed by atoms with Gasteiger partial charge >= 0.3 is 5.97 Å². The van der Waals surface area contributed by atoms with Crippen LogP contribution >= 0.6 is 0 Å². The third-order valence-electron chi connectivity index (χ3n) is 3.64. The van der Waals surface area contributed by atoms with Gasteiger partial charge in [0.2, 0.25) is 0 Å². The minimum absolute atomic E-state index is 0.279. The van der Waals surface area contributed by atoms with Crippen molar-refractivity contribution >= 4 is 22.9 Å². The summed E-state index contributed by atoms with van der Waals surface area (Å²) >= 11 is 0. The average Bonchev–Trinajstić information content (AvgIpc) is 2.59. The zero-order chi connectivity index (χ0) is 16.1. The first kappa shape index (κ1) is 15.0. The number of hydrogen-bond donors (Lipinski definition) is 0. The van der Waals surface area contributed by atoms with E-state index in [1.165, 1.54) is 6.08 Å². The van der Waals surface area contributed by atoms with E-state index in [2.05, 4.69) is 4.98 Å². The Kier molecular flexibility index (Phi) is 4.48. The van der Waals surface area contributed by atoms with Crippen molar-refractivity contribution in [3.63, 3.8) is 0 Å². The van der Waals surface area contributed by atoms with E-state index in [-0.39, 0.29) is 12.6 Å². The Labute approximate surface area is 135 Å². The van der Waals surface area contributed by atoms with E-state index in [9.17, 15) is 4.79 Å². The van der Waals surface area contributed by atoms with Crippen LogP contribution in [0.3, 0.4) is 0 Å². The number of para-hydroxylation sites is 1. The number of aromatic nitrogens is 1. The van der Waals surface area contributed by atoms with Crippen molar-refractivity contribution in [1.82, 2.24) is 4.98 Å². The molecule has 0 saturated heterocycles. The van der Waals surface area contributed by atoms with Gasteiger partial charge < -0.3 is 4.74 Å². The van der Waals surface area contributed by atoms with Crippen LogP contribution in [-0.2, 0) is 16.1 Å². The molecule has 3 aromatic rings. The molecule has 0 radical (unpaired) electrons. The summed E-state index contributed by atoms with van der Waals surface area (Å²) < 4.78 is 5.26. The molecule has 0 amide bonds. The first-order chi connectivity index (χ1) is 11.2. The fourth-order valence-electron chi connectivity index (χ4n) is 2.30. The molecule has 0 atom stereocenters. The van der Waals surface area contributed by atoms with Crippen molar-refractivity contribution < 1.29 is 9.53 Å². The quantitative estimate of drug-likeness (QED) is 0.533. The molecule has 3 heteroatoms. The summed E-state index contributed by atoms with van der Waals surface area (Å²) in [7, 11) is 0. The van der Waals surface area contributed by atoms with Gasteiger partial charge in [-0.25, -0.2) is 9.78 Å².